The number of carbonyl (C=O) groups excluding carboxylic acids is 2. The Hall–Kier alpha value is -2.60. The molecule has 0 radical (unpaired) electrons. The van der Waals surface area contributed by atoms with Crippen LogP contribution in [0.1, 0.15) is 23.2 Å². The second-order valence-corrected chi connectivity index (χ2v) is 6.62. The summed E-state index contributed by atoms with van der Waals surface area (Å²) in [6.07, 6.45) is 1.34. The molecule has 3 rings (SSSR count). The Morgan fingerprint density at radius 1 is 1.00 bits per heavy atom. The van der Waals surface area contributed by atoms with Crippen LogP contribution in [0.3, 0.4) is 0 Å². The van der Waals surface area contributed by atoms with E-state index in [1.54, 1.807) is 29.2 Å². The molecule has 2 N–H and O–H groups in total. The van der Waals surface area contributed by atoms with Gasteiger partial charge in [0, 0.05) is 35.4 Å². The van der Waals surface area contributed by atoms with Crippen LogP contribution < -0.4 is 10.6 Å². The fraction of sp³-hybridized carbons (Fsp3) is 0.263. The van der Waals surface area contributed by atoms with E-state index in [0.29, 0.717) is 42.2 Å². The number of halogens is 2. The second kappa shape index (κ2) is 8.19. The van der Waals surface area contributed by atoms with Gasteiger partial charge in [-0.05, 0) is 61.4 Å². The molecule has 26 heavy (non-hydrogen) atoms. The summed E-state index contributed by atoms with van der Waals surface area (Å²) in [5, 5.41) is 6.38. The highest BCUT2D eigenvalue weighted by Crippen LogP contribution is 2.16. The fourth-order valence-electron chi connectivity index (χ4n) is 2.83. The number of carbonyl (C=O) groups is 2. The van der Waals surface area contributed by atoms with Crippen LogP contribution in [-0.2, 0) is 0 Å². The van der Waals surface area contributed by atoms with E-state index in [0.717, 1.165) is 0 Å². The van der Waals surface area contributed by atoms with Gasteiger partial charge in [-0.25, -0.2) is 9.18 Å². The summed E-state index contributed by atoms with van der Waals surface area (Å²) < 4.78 is 12.9. The van der Waals surface area contributed by atoms with Crippen LogP contribution in [0.25, 0.3) is 0 Å². The normalized spacial score (nSPS) is 14.8. The Balaban J connectivity index is 1.47. The third-order valence-corrected chi connectivity index (χ3v) is 4.57. The number of hydrogen-bond donors (Lipinski definition) is 2. The van der Waals surface area contributed by atoms with Crippen LogP contribution in [0, 0.1) is 5.82 Å². The average molecular weight is 376 g/mol. The van der Waals surface area contributed by atoms with Gasteiger partial charge in [0.25, 0.3) is 5.91 Å². The number of anilines is 1. The smallest absolute Gasteiger partial charge is 0.321 e. The summed E-state index contributed by atoms with van der Waals surface area (Å²) in [5.74, 6) is -0.601. The van der Waals surface area contributed by atoms with Crippen molar-refractivity contribution in [1.29, 1.82) is 0 Å². The van der Waals surface area contributed by atoms with Gasteiger partial charge in [-0.2, -0.15) is 0 Å². The van der Waals surface area contributed by atoms with Crippen LogP contribution in [-0.4, -0.2) is 36.0 Å². The summed E-state index contributed by atoms with van der Waals surface area (Å²) in [7, 11) is 0. The van der Waals surface area contributed by atoms with Crippen LogP contribution in [0.2, 0.25) is 5.02 Å². The van der Waals surface area contributed by atoms with Crippen LogP contribution in [0.5, 0.6) is 0 Å². The number of rotatable bonds is 3. The van der Waals surface area contributed by atoms with Crippen molar-refractivity contribution in [3.05, 3.63) is 64.9 Å². The SMILES string of the molecule is O=C(NC1CCN(C(=O)Nc2ccc(Cl)cc2)CC1)c1ccc(F)cc1. The van der Waals surface area contributed by atoms with Crippen molar-refractivity contribution in [2.24, 2.45) is 0 Å². The number of nitrogens with zero attached hydrogens (tertiary/aromatic N) is 1. The lowest BCUT2D eigenvalue weighted by Gasteiger charge is -2.32. The first-order valence-electron chi connectivity index (χ1n) is 8.39. The van der Waals surface area contributed by atoms with E-state index in [4.69, 9.17) is 11.6 Å². The minimum Gasteiger partial charge on any atom is -0.349 e. The van der Waals surface area contributed by atoms with Crippen LogP contribution in [0.4, 0.5) is 14.9 Å². The third kappa shape index (κ3) is 4.73. The molecule has 1 saturated heterocycles. The topological polar surface area (TPSA) is 61.4 Å². The molecule has 2 aromatic carbocycles. The maximum atomic E-state index is 12.9. The summed E-state index contributed by atoms with van der Waals surface area (Å²) in [5.41, 5.74) is 1.11. The minimum atomic E-state index is -0.374. The fourth-order valence-corrected chi connectivity index (χ4v) is 2.96. The van der Waals surface area contributed by atoms with Crippen molar-refractivity contribution in [3.8, 4) is 0 Å². The molecule has 5 nitrogen and oxygen atoms in total. The Bertz CT molecular complexity index is 772. The van der Waals surface area contributed by atoms with Gasteiger partial charge in [0.15, 0.2) is 0 Å². The summed E-state index contributed by atoms with van der Waals surface area (Å²) >= 11 is 5.83. The number of urea groups is 1. The molecule has 136 valence electrons. The largest absolute Gasteiger partial charge is 0.349 e. The lowest BCUT2D eigenvalue weighted by Crippen LogP contribution is -2.47. The molecule has 1 fully saturated rings. The number of hydrogen-bond acceptors (Lipinski definition) is 2. The van der Waals surface area contributed by atoms with E-state index in [1.165, 1.54) is 24.3 Å². The Morgan fingerprint density at radius 3 is 2.23 bits per heavy atom. The van der Waals surface area contributed by atoms with Crippen LogP contribution in [0.15, 0.2) is 48.5 Å². The average Bonchev–Trinajstić information content (AvgIpc) is 2.64. The second-order valence-electron chi connectivity index (χ2n) is 6.18. The molecule has 2 aromatic rings. The zero-order valence-electron chi connectivity index (χ0n) is 14.0. The van der Waals surface area contributed by atoms with Crippen molar-refractivity contribution < 1.29 is 14.0 Å². The number of benzene rings is 2. The molecule has 1 heterocycles. The van der Waals surface area contributed by atoms with Crippen molar-refractivity contribution in [2.75, 3.05) is 18.4 Å². The van der Waals surface area contributed by atoms with Gasteiger partial charge in [0.2, 0.25) is 0 Å². The molecule has 3 amide bonds. The molecule has 0 saturated carbocycles. The van der Waals surface area contributed by atoms with Crippen molar-refractivity contribution in [3.63, 3.8) is 0 Å². The first-order valence-corrected chi connectivity index (χ1v) is 8.77. The highest BCUT2D eigenvalue weighted by molar-refractivity contribution is 6.30. The highest BCUT2D eigenvalue weighted by atomic mass is 35.5. The molecule has 0 unspecified atom stereocenters. The molecule has 0 atom stereocenters. The van der Waals surface area contributed by atoms with Gasteiger partial charge in [0.05, 0.1) is 0 Å². The maximum Gasteiger partial charge on any atom is 0.321 e. The zero-order valence-corrected chi connectivity index (χ0v) is 14.8. The molecular weight excluding hydrogens is 357 g/mol. The molecule has 0 bridgehead atoms. The molecule has 1 aliphatic rings. The molecule has 0 aromatic heterocycles. The van der Waals surface area contributed by atoms with Gasteiger partial charge in [-0.1, -0.05) is 11.6 Å². The van der Waals surface area contributed by atoms with E-state index in [-0.39, 0.29) is 23.8 Å². The summed E-state index contributed by atoms with van der Waals surface area (Å²) in [6, 6.07) is 12.2. The van der Waals surface area contributed by atoms with E-state index >= 15 is 0 Å². The number of piperidine rings is 1. The quantitative estimate of drug-likeness (QED) is 0.854. The molecule has 0 spiro atoms. The minimum absolute atomic E-state index is 0.00728. The lowest BCUT2D eigenvalue weighted by atomic mass is 10.0. The van der Waals surface area contributed by atoms with E-state index < -0.39 is 0 Å². The third-order valence-electron chi connectivity index (χ3n) is 4.32. The standard InChI is InChI=1S/C19H19ClFN3O2/c20-14-3-7-16(8-4-14)23-19(26)24-11-9-17(10-12-24)22-18(25)13-1-5-15(21)6-2-13/h1-8,17H,9-12H2,(H,22,25)(H,23,26). The van der Waals surface area contributed by atoms with Crippen LogP contribution >= 0.6 is 11.6 Å². The Morgan fingerprint density at radius 2 is 1.62 bits per heavy atom. The maximum absolute atomic E-state index is 12.9. The van der Waals surface area contributed by atoms with E-state index in [2.05, 4.69) is 10.6 Å². The molecular formula is C19H19ClFN3O2. The highest BCUT2D eigenvalue weighted by Gasteiger charge is 2.24. The Labute approximate surface area is 156 Å². The Kier molecular flexibility index (Phi) is 5.73. The van der Waals surface area contributed by atoms with Crippen molar-refractivity contribution >= 4 is 29.2 Å². The monoisotopic (exact) mass is 375 g/mol. The van der Waals surface area contributed by atoms with Gasteiger partial charge in [-0.3, -0.25) is 4.79 Å². The number of nitrogens with one attached hydrogen (secondary N) is 2. The predicted octanol–water partition coefficient (Wildman–Crippen LogP) is 3.91. The number of amides is 3. The summed E-state index contributed by atoms with van der Waals surface area (Å²) in [4.78, 5) is 26.2. The van der Waals surface area contributed by atoms with Gasteiger partial charge < -0.3 is 15.5 Å². The van der Waals surface area contributed by atoms with Gasteiger partial charge in [0.1, 0.15) is 5.82 Å². The van der Waals surface area contributed by atoms with Crippen molar-refractivity contribution in [2.45, 2.75) is 18.9 Å². The molecule has 1 aliphatic heterocycles. The molecule has 0 aliphatic carbocycles. The van der Waals surface area contributed by atoms with Crippen molar-refractivity contribution in [1.82, 2.24) is 10.2 Å². The zero-order chi connectivity index (χ0) is 18.5. The lowest BCUT2D eigenvalue weighted by molar-refractivity contribution is 0.0919. The van der Waals surface area contributed by atoms with E-state index in [1.807, 2.05) is 0 Å². The van der Waals surface area contributed by atoms with Gasteiger partial charge >= 0.3 is 6.03 Å². The molecule has 7 heteroatoms. The predicted molar refractivity (Wildman–Crippen MR) is 98.9 cm³/mol. The van der Waals surface area contributed by atoms with E-state index in [9.17, 15) is 14.0 Å². The summed E-state index contributed by atoms with van der Waals surface area (Å²) in [6.45, 7) is 1.10. The first kappa shape index (κ1) is 18.2. The first-order chi connectivity index (χ1) is 12.5. The number of likely N-dealkylation sites (tertiary alicyclic amines) is 1. The van der Waals surface area contributed by atoms with Gasteiger partial charge in [-0.15, -0.1) is 0 Å².